The first-order valence-electron chi connectivity index (χ1n) is 8.35. The van der Waals surface area contributed by atoms with Crippen LogP contribution in [0.4, 0.5) is 0 Å². The van der Waals surface area contributed by atoms with Crippen LogP contribution in [0.1, 0.15) is 25.5 Å². The van der Waals surface area contributed by atoms with E-state index >= 15 is 0 Å². The van der Waals surface area contributed by atoms with E-state index in [4.69, 9.17) is 4.74 Å². The van der Waals surface area contributed by atoms with Crippen LogP contribution in [0.5, 0.6) is 0 Å². The third-order valence-electron chi connectivity index (χ3n) is 4.01. The van der Waals surface area contributed by atoms with Crippen molar-refractivity contribution in [3.63, 3.8) is 0 Å². The third-order valence-corrected chi connectivity index (χ3v) is 4.98. The first kappa shape index (κ1) is 18.1. The maximum atomic E-state index is 13.0. The number of benzene rings is 1. The number of allylic oxidation sites excluding steroid dienone is 1. The van der Waals surface area contributed by atoms with Crippen molar-refractivity contribution in [1.29, 1.82) is 0 Å². The fraction of sp³-hybridized carbons (Fsp3) is 0.316. The van der Waals surface area contributed by atoms with Crippen LogP contribution in [0.15, 0.2) is 51.4 Å². The Morgan fingerprint density at radius 1 is 1.35 bits per heavy atom. The molecule has 1 aliphatic heterocycles. The van der Waals surface area contributed by atoms with E-state index in [9.17, 15) is 9.59 Å². The summed E-state index contributed by atoms with van der Waals surface area (Å²) in [5.41, 5.74) is 1.67. The van der Waals surface area contributed by atoms with Crippen molar-refractivity contribution in [2.45, 2.75) is 19.9 Å². The summed E-state index contributed by atoms with van der Waals surface area (Å²) in [7, 11) is 3.73. The van der Waals surface area contributed by atoms with Gasteiger partial charge in [-0.2, -0.15) is 0 Å². The van der Waals surface area contributed by atoms with Crippen LogP contribution in [-0.2, 0) is 9.53 Å². The topological polar surface area (TPSA) is 63.9 Å². The maximum absolute atomic E-state index is 13.0. The average Bonchev–Trinajstić information content (AvgIpc) is 2.89. The van der Waals surface area contributed by atoms with Gasteiger partial charge in [0.15, 0.2) is 4.80 Å². The molecule has 2 heterocycles. The van der Waals surface area contributed by atoms with E-state index in [2.05, 4.69) is 4.99 Å². The summed E-state index contributed by atoms with van der Waals surface area (Å²) < 4.78 is 7.41. The zero-order chi connectivity index (χ0) is 18.8. The molecule has 0 amide bonds. The molecule has 0 spiro atoms. The minimum atomic E-state index is -0.546. The number of rotatable bonds is 4. The highest BCUT2D eigenvalue weighted by molar-refractivity contribution is 7.07. The molecular weight excluding hydrogens is 350 g/mol. The standard InChI is InChI=1S/C19H21N3O3S/c1-5-25-18(24)15-12(2)20-19-22(16(15)13-9-7-6-8-10-13)17(23)14(26-19)11-21(3)4/h6-11,16H,5H2,1-4H3. The molecule has 26 heavy (non-hydrogen) atoms. The number of ether oxygens (including phenoxy) is 1. The fourth-order valence-electron chi connectivity index (χ4n) is 2.97. The van der Waals surface area contributed by atoms with Gasteiger partial charge in [-0.3, -0.25) is 9.36 Å². The molecule has 3 rings (SSSR count). The van der Waals surface area contributed by atoms with Gasteiger partial charge < -0.3 is 9.64 Å². The quantitative estimate of drug-likeness (QED) is 0.760. The second-order valence-electron chi connectivity index (χ2n) is 6.16. The van der Waals surface area contributed by atoms with E-state index in [1.54, 1.807) is 24.6 Å². The van der Waals surface area contributed by atoms with E-state index in [-0.39, 0.29) is 12.2 Å². The molecule has 0 fully saturated rings. The summed E-state index contributed by atoms with van der Waals surface area (Å²) >= 11 is 1.32. The number of aromatic nitrogens is 1. The lowest BCUT2D eigenvalue weighted by Crippen LogP contribution is -2.40. The molecule has 1 atom stereocenters. The molecular formula is C19H21N3O3S. The van der Waals surface area contributed by atoms with Crippen LogP contribution in [0.3, 0.4) is 0 Å². The number of thiazole rings is 1. The number of carbonyl (C=O) groups is 1. The van der Waals surface area contributed by atoms with Crippen LogP contribution in [0.2, 0.25) is 0 Å². The molecule has 0 bridgehead atoms. The molecule has 1 aromatic carbocycles. The Bertz CT molecular complexity index is 1030. The Labute approximate surface area is 155 Å². The summed E-state index contributed by atoms with van der Waals surface area (Å²) in [5.74, 6) is -0.440. The van der Waals surface area contributed by atoms with E-state index in [1.165, 1.54) is 11.3 Å². The number of fused-ring (bicyclic) bond motifs is 1. The van der Waals surface area contributed by atoms with Gasteiger partial charge in [0.05, 0.1) is 23.9 Å². The van der Waals surface area contributed by atoms with Gasteiger partial charge in [-0.15, -0.1) is 0 Å². The second kappa shape index (κ2) is 7.29. The van der Waals surface area contributed by atoms with E-state index in [0.717, 1.165) is 5.56 Å². The maximum Gasteiger partial charge on any atom is 0.338 e. The second-order valence-corrected chi connectivity index (χ2v) is 7.17. The van der Waals surface area contributed by atoms with E-state index < -0.39 is 12.0 Å². The van der Waals surface area contributed by atoms with Crippen LogP contribution in [0.25, 0.3) is 6.20 Å². The Morgan fingerprint density at radius 3 is 2.65 bits per heavy atom. The van der Waals surface area contributed by atoms with Gasteiger partial charge in [-0.25, -0.2) is 9.79 Å². The molecule has 0 saturated heterocycles. The lowest BCUT2D eigenvalue weighted by atomic mass is 9.96. The minimum absolute atomic E-state index is 0.161. The van der Waals surface area contributed by atoms with E-state index in [0.29, 0.717) is 20.6 Å². The van der Waals surface area contributed by atoms with Crippen molar-refractivity contribution in [2.24, 2.45) is 4.99 Å². The largest absolute Gasteiger partial charge is 0.463 e. The van der Waals surface area contributed by atoms with Crippen molar-refractivity contribution in [3.8, 4) is 0 Å². The van der Waals surface area contributed by atoms with Gasteiger partial charge in [0.25, 0.3) is 5.56 Å². The molecule has 6 nitrogen and oxygen atoms in total. The van der Waals surface area contributed by atoms with Gasteiger partial charge in [0.1, 0.15) is 4.53 Å². The van der Waals surface area contributed by atoms with Crippen LogP contribution in [-0.4, -0.2) is 36.1 Å². The molecule has 136 valence electrons. The number of hydrogen-bond donors (Lipinski definition) is 0. The minimum Gasteiger partial charge on any atom is -0.463 e. The summed E-state index contributed by atoms with van der Waals surface area (Å²) in [6, 6.07) is 8.96. The Kier molecular flexibility index (Phi) is 5.08. The Morgan fingerprint density at radius 2 is 2.04 bits per heavy atom. The highest BCUT2D eigenvalue weighted by Gasteiger charge is 2.33. The molecule has 0 aliphatic carbocycles. The number of esters is 1. The molecule has 0 radical (unpaired) electrons. The molecule has 1 aromatic heterocycles. The van der Waals surface area contributed by atoms with Crippen molar-refractivity contribution in [3.05, 3.63) is 66.9 Å². The first-order chi connectivity index (χ1) is 12.4. The molecule has 1 unspecified atom stereocenters. The van der Waals surface area contributed by atoms with Crippen LogP contribution < -0.4 is 14.9 Å². The SMILES string of the molecule is CCOC(=O)C1=C(C)N=c2sc(=CN(C)C)c(=O)n2C1c1ccccc1. The molecule has 0 saturated carbocycles. The summed E-state index contributed by atoms with van der Waals surface area (Å²) in [5, 5.41) is 0. The Hall–Kier alpha value is -2.67. The molecule has 0 N–H and O–H groups in total. The summed E-state index contributed by atoms with van der Waals surface area (Å²) in [4.78, 5) is 32.6. The van der Waals surface area contributed by atoms with Crippen LogP contribution in [0, 0.1) is 0 Å². The molecule has 1 aliphatic rings. The predicted octanol–water partition coefficient (Wildman–Crippen LogP) is 1.27. The van der Waals surface area contributed by atoms with Gasteiger partial charge >= 0.3 is 5.97 Å². The van der Waals surface area contributed by atoms with Gasteiger partial charge in [-0.1, -0.05) is 41.7 Å². The van der Waals surface area contributed by atoms with Gasteiger partial charge in [0.2, 0.25) is 0 Å². The van der Waals surface area contributed by atoms with Crippen molar-refractivity contribution in [1.82, 2.24) is 9.47 Å². The number of carbonyl (C=O) groups excluding carboxylic acids is 1. The van der Waals surface area contributed by atoms with Gasteiger partial charge in [-0.05, 0) is 19.4 Å². The highest BCUT2D eigenvalue weighted by atomic mass is 32.1. The predicted molar refractivity (Wildman–Crippen MR) is 101 cm³/mol. The summed E-state index contributed by atoms with van der Waals surface area (Å²) in [6.45, 7) is 3.81. The lowest BCUT2D eigenvalue weighted by Gasteiger charge is -2.24. The Balaban J connectivity index is 2.31. The monoisotopic (exact) mass is 371 g/mol. The zero-order valence-corrected chi connectivity index (χ0v) is 16.0. The fourth-order valence-corrected chi connectivity index (χ4v) is 4.08. The third kappa shape index (κ3) is 3.22. The van der Waals surface area contributed by atoms with E-state index in [1.807, 2.05) is 49.3 Å². The average molecular weight is 371 g/mol. The van der Waals surface area contributed by atoms with Gasteiger partial charge in [0, 0.05) is 20.3 Å². The molecule has 2 aromatic rings. The summed E-state index contributed by atoms with van der Waals surface area (Å²) in [6.07, 6.45) is 1.77. The number of hydrogen-bond acceptors (Lipinski definition) is 6. The smallest absolute Gasteiger partial charge is 0.338 e. The van der Waals surface area contributed by atoms with Crippen LogP contribution >= 0.6 is 11.3 Å². The van der Waals surface area contributed by atoms with Crippen molar-refractivity contribution in [2.75, 3.05) is 20.7 Å². The number of nitrogens with zero attached hydrogens (tertiary/aromatic N) is 3. The first-order valence-corrected chi connectivity index (χ1v) is 9.16. The van der Waals surface area contributed by atoms with Crippen molar-refractivity contribution >= 4 is 23.5 Å². The molecule has 7 heteroatoms. The van der Waals surface area contributed by atoms with Crippen molar-refractivity contribution < 1.29 is 9.53 Å². The highest BCUT2D eigenvalue weighted by Crippen LogP contribution is 2.30. The zero-order valence-electron chi connectivity index (χ0n) is 15.2. The normalized spacial score (nSPS) is 16.9. The lowest BCUT2D eigenvalue weighted by molar-refractivity contribution is -0.139.